The van der Waals surface area contributed by atoms with E-state index >= 15 is 0 Å². The van der Waals surface area contributed by atoms with E-state index in [-0.39, 0.29) is 54.4 Å². The van der Waals surface area contributed by atoms with Crippen LogP contribution in [0.2, 0.25) is 0 Å². The lowest BCUT2D eigenvalue weighted by atomic mass is 9.84. The van der Waals surface area contributed by atoms with E-state index < -0.39 is 0 Å². The number of hydrogen-bond acceptors (Lipinski definition) is 4. The summed E-state index contributed by atoms with van der Waals surface area (Å²) in [5.74, 6) is 0.109. The van der Waals surface area contributed by atoms with Crippen molar-refractivity contribution in [2.75, 3.05) is 13.2 Å². The van der Waals surface area contributed by atoms with Crippen molar-refractivity contribution in [3.8, 4) is 0 Å². The lowest BCUT2D eigenvalue weighted by Gasteiger charge is -2.33. The van der Waals surface area contributed by atoms with Crippen LogP contribution in [0.15, 0.2) is 0 Å². The number of rotatable bonds is 4. The van der Waals surface area contributed by atoms with E-state index in [0.717, 1.165) is 25.7 Å². The normalized spacial score (nSPS) is 31.1. The van der Waals surface area contributed by atoms with Crippen LogP contribution >= 0.6 is 12.4 Å². The van der Waals surface area contributed by atoms with Gasteiger partial charge in [-0.25, -0.2) is 0 Å². The molecular formula is C16H30ClN3O3. The molecule has 0 spiro atoms. The van der Waals surface area contributed by atoms with Gasteiger partial charge >= 0.3 is 0 Å². The number of hydrogen-bond donors (Lipinski definition) is 3. The second kappa shape index (κ2) is 9.45. The van der Waals surface area contributed by atoms with Crippen molar-refractivity contribution in [1.29, 1.82) is 0 Å². The summed E-state index contributed by atoms with van der Waals surface area (Å²) in [6.45, 7) is 7.20. The van der Waals surface area contributed by atoms with E-state index in [2.05, 4.69) is 16.0 Å². The third-order valence-corrected chi connectivity index (χ3v) is 4.42. The molecule has 1 saturated carbocycles. The first-order chi connectivity index (χ1) is 10.5. The van der Waals surface area contributed by atoms with Crippen LogP contribution in [0.25, 0.3) is 0 Å². The Hall–Kier alpha value is -0.850. The van der Waals surface area contributed by atoms with Crippen LogP contribution in [-0.2, 0) is 14.3 Å². The van der Waals surface area contributed by atoms with Crippen molar-refractivity contribution < 1.29 is 14.3 Å². The molecule has 2 fully saturated rings. The van der Waals surface area contributed by atoms with Gasteiger partial charge in [-0.2, -0.15) is 0 Å². The molecule has 7 heteroatoms. The van der Waals surface area contributed by atoms with Gasteiger partial charge in [-0.3, -0.25) is 9.59 Å². The molecule has 1 aliphatic carbocycles. The Morgan fingerprint density at radius 3 is 2.61 bits per heavy atom. The monoisotopic (exact) mass is 347 g/mol. The summed E-state index contributed by atoms with van der Waals surface area (Å²) in [6, 6.07) is -0.0504. The molecule has 0 aromatic rings. The van der Waals surface area contributed by atoms with Crippen LogP contribution in [0.3, 0.4) is 0 Å². The quantitative estimate of drug-likeness (QED) is 0.708. The van der Waals surface area contributed by atoms with Crippen LogP contribution in [0.1, 0.15) is 46.5 Å². The van der Waals surface area contributed by atoms with Gasteiger partial charge in [-0.05, 0) is 40.0 Å². The Balaban J connectivity index is 0.00000264. The molecule has 6 nitrogen and oxygen atoms in total. The van der Waals surface area contributed by atoms with Crippen LogP contribution in [-0.4, -0.2) is 49.2 Å². The Labute approximate surface area is 144 Å². The molecule has 2 amide bonds. The summed E-state index contributed by atoms with van der Waals surface area (Å²) in [5.41, 5.74) is 0. The average molecular weight is 348 g/mol. The molecular weight excluding hydrogens is 318 g/mol. The van der Waals surface area contributed by atoms with Gasteiger partial charge in [0.1, 0.15) is 6.04 Å². The molecule has 2 rings (SSSR count). The smallest absolute Gasteiger partial charge is 0.240 e. The topological polar surface area (TPSA) is 79.5 Å². The van der Waals surface area contributed by atoms with Crippen LogP contribution in [0.4, 0.5) is 0 Å². The van der Waals surface area contributed by atoms with Gasteiger partial charge in [0.2, 0.25) is 11.8 Å². The van der Waals surface area contributed by atoms with Crippen molar-refractivity contribution in [1.82, 2.24) is 16.0 Å². The Kier molecular flexibility index (Phi) is 8.29. The SMILES string of the molecule is CC(C)NC(=O)C1CCCC(NC(=O)[C@H]2NCCO[C@@H]2C)C1.Cl. The molecule has 0 aromatic heterocycles. The maximum atomic E-state index is 12.4. The van der Waals surface area contributed by atoms with Crippen molar-refractivity contribution in [2.24, 2.45) is 5.92 Å². The second-order valence-electron chi connectivity index (χ2n) is 6.74. The minimum absolute atomic E-state index is 0. The molecule has 4 atom stereocenters. The fourth-order valence-corrected chi connectivity index (χ4v) is 3.28. The third-order valence-electron chi connectivity index (χ3n) is 4.42. The minimum Gasteiger partial charge on any atom is -0.375 e. The summed E-state index contributed by atoms with van der Waals surface area (Å²) >= 11 is 0. The van der Waals surface area contributed by atoms with Crippen molar-refractivity contribution >= 4 is 24.2 Å². The highest BCUT2D eigenvalue weighted by Crippen LogP contribution is 2.25. The Bertz CT molecular complexity index is 406. The minimum atomic E-state index is -0.293. The van der Waals surface area contributed by atoms with Gasteiger partial charge in [0, 0.05) is 24.5 Å². The molecule has 0 aromatic carbocycles. The number of ether oxygens (including phenoxy) is 1. The number of amides is 2. The summed E-state index contributed by atoms with van der Waals surface area (Å²) in [5, 5.41) is 9.27. The average Bonchev–Trinajstić information content (AvgIpc) is 2.47. The predicted molar refractivity (Wildman–Crippen MR) is 91.6 cm³/mol. The number of carbonyl (C=O) groups excluding carboxylic acids is 2. The lowest BCUT2D eigenvalue weighted by molar-refractivity contribution is -0.131. The zero-order chi connectivity index (χ0) is 16.1. The molecule has 1 saturated heterocycles. The van der Waals surface area contributed by atoms with E-state index in [0.29, 0.717) is 13.2 Å². The zero-order valence-corrected chi connectivity index (χ0v) is 15.1. The highest BCUT2D eigenvalue weighted by molar-refractivity contribution is 5.85. The van der Waals surface area contributed by atoms with E-state index in [1.165, 1.54) is 0 Å². The number of nitrogens with one attached hydrogen (secondary N) is 3. The zero-order valence-electron chi connectivity index (χ0n) is 14.3. The van der Waals surface area contributed by atoms with Crippen LogP contribution < -0.4 is 16.0 Å². The molecule has 1 aliphatic heterocycles. The largest absolute Gasteiger partial charge is 0.375 e. The Morgan fingerprint density at radius 1 is 1.22 bits per heavy atom. The number of halogens is 1. The van der Waals surface area contributed by atoms with Crippen LogP contribution in [0, 0.1) is 5.92 Å². The fraction of sp³-hybridized carbons (Fsp3) is 0.875. The van der Waals surface area contributed by atoms with Crippen LogP contribution in [0.5, 0.6) is 0 Å². The summed E-state index contributed by atoms with van der Waals surface area (Å²) < 4.78 is 5.52. The molecule has 1 heterocycles. The van der Waals surface area contributed by atoms with Gasteiger partial charge in [0.25, 0.3) is 0 Å². The molecule has 3 N–H and O–H groups in total. The first-order valence-electron chi connectivity index (χ1n) is 8.43. The Morgan fingerprint density at radius 2 is 1.96 bits per heavy atom. The van der Waals surface area contributed by atoms with Gasteiger partial charge in [-0.1, -0.05) is 6.42 Å². The molecule has 134 valence electrons. The van der Waals surface area contributed by atoms with Crippen molar-refractivity contribution in [2.45, 2.75) is 70.7 Å². The van der Waals surface area contributed by atoms with Gasteiger partial charge < -0.3 is 20.7 Å². The van der Waals surface area contributed by atoms with Crippen molar-refractivity contribution in [3.63, 3.8) is 0 Å². The van der Waals surface area contributed by atoms with Gasteiger partial charge in [-0.15, -0.1) is 12.4 Å². The van der Waals surface area contributed by atoms with E-state index in [1.54, 1.807) is 0 Å². The fourth-order valence-electron chi connectivity index (χ4n) is 3.28. The first kappa shape index (κ1) is 20.2. The third kappa shape index (κ3) is 5.94. The first-order valence-corrected chi connectivity index (χ1v) is 8.43. The molecule has 2 unspecified atom stereocenters. The molecule has 2 aliphatic rings. The standard InChI is InChI=1S/C16H29N3O3.ClH/c1-10(2)18-15(20)12-5-4-6-13(9-12)19-16(21)14-11(3)22-8-7-17-14;/h10-14,17H,4-9H2,1-3H3,(H,18,20)(H,19,21);1H/t11-,12?,13?,14+;/m1./s1. The maximum Gasteiger partial charge on any atom is 0.240 e. The van der Waals surface area contributed by atoms with E-state index in [9.17, 15) is 9.59 Å². The maximum absolute atomic E-state index is 12.4. The second-order valence-corrected chi connectivity index (χ2v) is 6.74. The summed E-state index contributed by atoms with van der Waals surface area (Å²) in [6.07, 6.45) is 3.44. The molecule has 0 radical (unpaired) electrons. The highest BCUT2D eigenvalue weighted by atomic mass is 35.5. The van der Waals surface area contributed by atoms with E-state index in [1.807, 2.05) is 20.8 Å². The van der Waals surface area contributed by atoms with Gasteiger partial charge in [0.05, 0.1) is 12.7 Å². The number of carbonyl (C=O) groups is 2. The summed E-state index contributed by atoms with van der Waals surface area (Å²) in [4.78, 5) is 24.5. The highest BCUT2D eigenvalue weighted by Gasteiger charge is 2.32. The van der Waals surface area contributed by atoms with Crippen molar-refractivity contribution in [3.05, 3.63) is 0 Å². The van der Waals surface area contributed by atoms with E-state index in [4.69, 9.17) is 4.74 Å². The predicted octanol–water partition coefficient (Wildman–Crippen LogP) is 0.985. The number of morpholine rings is 1. The lowest BCUT2D eigenvalue weighted by Crippen LogP contribution is -2.57. The molecule has 23 heavy (non-hydrogen) atoms. The molecule has 0 bridgehead atoms. The van der Waals surface area contributed by atoms with Gasteiger partial charge in [0.15, 0.2) is 0 Å². The summed E-state index contributed by atoms with van der Waals surface area (Å²) in [7, 11) is 0.